The maximum Gasteiger partial charge on any atom is 0.433 e. The lowest BCUT2D eigenvalue weighted by Gasteiger charge is -2.17. The number of alkyl halides is 3. The second kappa shape index (κ2) is 6.73. The van der Waals surface area contributed by atoms with Gasteiger partial charge in [0.05, 0.1) is 0 Å². The first-order valence-corrected chi connectivity index (χ1v) is 8.09. The normalized spacial score (nSPS) is 13.2. The van der Waals surface area contributed by atoms with Crippen LogP contribution in [0.5, 0.6) is 0 Å². The summed E-state index contributed by atoms with van der Waals surface area (Å²) in [6.07, 6.45) is -2.91. The van der Waals surface area contributed by atoms with Crippen molar-refractivity contribution in [1.29, 1.82) is 0 Å². The summed E-state index contributed by atoms with van der Waals surface area (Å²) in [6.45, 7) is 3.32. The molecular formula is C12H14F3NO2S2. The van der Waals surface area contributed by atoms with Crippen LogP contribution in [0.2, 0.25) is 0 Å². The molecule has 0 aliphatic rings. The zero-order chi connectivity index (χ0) is 15.5. The van der Waals surface area contributed by atoms with E-state index in [-0.39, 0.29) is 10.1 Å². The Morgan fingerprint density at radius 1 is 1.35 bits per heavy atom. The highest BCUT2D eigenvalue weighted by Gasteiger charge is 2.36. The fourth-order valence-corrected chi connectivity index (χ4v) is 2.93. The summed E-state index contributed by atoms with van der Waals surface area (Å²) in [7, 11) is 0. The minimum atomic E-state index is -4.50. The maximum absolute atomic E-state index is 12.3. The molecule has 0 aliphatic carbocycles. The number of amides is 1. The molecule has 1 aromatic rings. The average molecular weight is 325 g/mol. The number of thioether (sulfide) groups is 1. The van der Waals surface area contributed by atoms with Crippen LogP contribution in [0.25, 0.3) is 0 Å². The summed E-state index contributed by atoms with van der Waals surface area (Å²) < 4.78 is 48.7. The Hall–Kier alpha value is -0.860. The molecule has 0 aliphatic heterocycles. The van der Waals surface area contributed by atoms with Gasteiger partial charge >= 0.3 is 6.18 Å². The summed E-state index contributed by atoms with van der Waals surface area (Å²) >= 11 is -1.23. The van der Waals surface area contributed by atoms with Crippen LogP contribution < -0.4 is 5.32 Å². The van der Waals surface area contributed by atoms with Crippen molar-refractivity contribution in [3.63, 3.8) is 0 Å². The largest absolute Gasteiger partial charge is 0.611 e. The van der Waals surface area contributed by atoms with Crippen LogP contribution in [0.3, 0.4) is 0 Å². The highest BCUT2D eigenvalue weighted by atomic mass is 32.2. The van der Waals surface area contributed by atoms with E-state index in [1.165, 1.54) is 6.07 Å². The molecular weight excluding hydrogens is 311 g/mol. The Bertz CT molecular complexity index is 506. The Morgan fingerprint density at radius 2 is 1.95 bits per heavy atom. The summed E-state index contributed by atoms with van der Waals surface area (Å²) in [5.41, 5.74) is 1.59. The van der Waals surface area contributed by atoms with Gasteiger partial charge in [-0.1, -0.05) is 11.8 Å². The van der Waals surface area contributed by atoms with Crippen LogP contribution in [0.4, 0.5) is 23.7 Å². The van der Waals surface area contributed by atoms with E-state index in [1.54, 1.807) is 26.2 Å². The molecule has 8 heteroatoms. The number of aryl methyl sites for hydroxylation is 2. The first-order chi connectivity index (χ1) is 9.14. The van der Waals surface area contributed by atoms with Gasteiger partial charge in [-0.3, -0.25) is 4.79 Å². The summed E-state index contributed by atoms with van der Waals surface area (Å²) in [5.74, 6) is -1.40. The van der Waals surface area contributed by atoms with Crippen molar-refractivity contribution in [3.05, 3.63) is 23.3 Å². The van der Waals surface area contributed by atoms with E-state index in [4.69, 9.17) is 0 Å². The number of anilines is 1. The van der Waals surface area contributed by atoms with Gasteiger partial charge in [0.25, 0.3) is 5.24 Å². The minimum absolute atomic E-state index is 0.0873. The molecule has 112 valence electrons. The molecule has 0 bridgehead atoms. The fourth-order valence-electron chi connectivity index (χ4n) is 1.60. The molecule has 1 N–H and O–H groups in total. The SMILES string of the molecule is CSC(=O)Nc1cc([S+]([O-])CC(F)(F)F)c(C)cc1C. The maximum atomic E-state index is 12.3. The van der Waals surface area contributed by atoms with E-state index < -0.39 is 23.1 Å². The highest BCUT2D eigenvalue weighted by molar-refractivity contribution is 8.13. The number of carbonyl (C=O) groups is 1. The Morgan fingerprint density at radius 3 is 2.45 bits per heavy atom. The number of carbonyl (C=O) groups excluding carboxylic acids is 1. The number of hydrogen-bond donors (Lipinski definition) is 1. The molecule has 1 unspecified atom stereocenters. The number of rotatable bonds is 3. The number of benzene rings is 1. The number of halogens is 3. The zero-order valence-electron chi connectivity index (χ0n) is 11.1. The van der Waals surface area contributed by atoms with E-state index in [1.807, 2.05) is 0 Å². The zero-order valence-corrected chi connectivity index (χ0v) is 12.8. The molecule has 1 atom stereocenters. The molecule has 1 rings (SSSR count). The third-order valence-electron chi connectivity index (χ3n) is 2.48. The molecule has 0 spiro atoms. The lowest BCUT2D eigenvalue weighted by molar-refractivity contribution is -0.106. The summed E-state index contributed by atoms with van der Waals surface area (Å²) in [4.78, 5) is 11.4. The number of hydrogen-bond acceptors (Lipinski definition) is 3. The Kier molecular flexibility index (Phi) is 5.79. The van der Waals surface area contributed by atoms with Gasteiger partial charge in [-0.25, -0.2) is 0 Å². The van der Waals surface area contributed by atoms with Gasteiger partial charge in [0.15, 0.2) is 4.90 Å². The van der Waals surface area contributed by atoms with Crippen molar-refractivity contribution < 1.29 is 22.5 Å². The highest BCUT2D eigenvalue weighted by Crippen LogP contribution is 2.29. The van der Waals surface area contributed by atoms with Crippen LogP contribution in [0.1, 0.15) is 11.1 Å². The first-order valence-electron chi connectivity index (χ1n) is 5.55. The van der Waals surface area contributed by atoms with Gasteiger partial charge < -0.3 is 9.87 Å². The van der Waals surface area contributed by atoms with E-state index in [2.05, 4.69) is 5.32 Å². The molecule has 3 nitrogen and oxygen atoms in total. The van der Waals surface area contributed by atoms with Crippen molar-refractivity contribution >= 4 is 33.9 Å². The second-order valence-electron chi connectivity index (χ2n) is 4.15. The molecule has 1 amide bonds. The van der Waals surface area contributed by atoms with Gasteiger partial charge in [-0.05, 0) is 42.9 Å². The van der Waals surface area contributed by atoms with E-state index in [0.29, 0.717) is 16.8 Å². The Balaban J connectivity index is 3.07. The van der Waals surface area contributed by atoms with Crippen LogP contribution >= 0.6 is 11.8 Å². The fraction of sp³-hybridized carbons (Fsp3) is 0.417. The van der Waals surface area contributed by atoms with Gasteiger partial charge in [0.1, 0.15) is 0 Å². The standard InChI is InChI=1S/C12H14F3NO2S2/c1-7-4-8(2)10(20(18)6-12(13,14)15)5-9(7)16-11(17)19-3/h4-5H,6H2,1-3H3,(H,16,17). The molecule has 0 fully saturated rings. The van der Waals surface area contributed by atoms with Crippen LogP contribution in [0.15, 0.2) is 17.0 Å². The third-order valence-corrected chi connectivity index (χ3v) is 4.48. The molecule has 20 heavy (non-hydrogen) atoms. The molecule has 0 heterocycles. The van der Waals surface area contributed by atoms with Crippen LogP contribution in [0, 0.1) is 13.8 Å². The predicted octanol–water partition coefficient (Wildman–Crippen LogP) is 3.87. The second-order valence-corrected chi connectivity index (χ2v) is 6.35. The third kappa shape index (κ3) is 4.92. The molecule has 0 saturated carbocycles. The predicted molar refractivity (Wildman–Crippen MR) is 75.8 cm³/mol. The van der Waals surface area contributed by atoms with Crippen LogP contribution in [-0.4, -0.2) is 28.0 Å². The Labute approximate surface area is 122 Å². The topological polar surface area (TPSA) is 52.2 Å². The minimum Gasteiger partial charge on any atom is -0.611 e. The van der Waals surface area contributed by atoms with Crippen molar-refractivity contribution in [3.8, 4) is 0 Å². The van der Waals surface area contributed by atoms with Crippen LogP contribution in [-0.2, 0) is 11.2 Å². The quantitative estimate of drug-likeness (QED) is 0.858. The average Bonchev–Trinajstić information content (AvgIpc) is 2.29. The molecule has 1 aromatic carbocycles. The van der Waals surface area contributed by atoms with Gasteiger partial charge in [-0.2, -0.15) is 13.2 Å². The van der Waals surface area contributed by atoms with E-state index in [0.717, 1.165) is 11.8 Å². The van der Waals surface area contributed by atoms with Gasteiger partial charge in [-0.15, -0.1) is 0 Å². The monoisotopic (exact) mass is 325 g/mol. The molecule has 0 radical (unpaired) electrons. The first kappa shape index (κ1) is 17.2. The number of nitrogens with one attached hydrogen (secondary N) is 1. The molecule has 0 saturated heterocycles. The summed E-state index contributed by atoms with van der Waals surface area (Å²) in [5, 5.41) is 2.22. The van der Waals surface area contributed by atoms with E-state index >= 15 is 0 Å². The van der Waals surface area contributed by atoms with Gasteiger partial charge in [0.2, 0.25) is 5.75 Å². The van der Waals surface area contributed by atoms with Crippen molar-refractivity contribution in [1.82, 2.24) is 0 Å². The van der Waals surface area contributed by atoms with Crippen molar-refractivity contribution in [2.24, 2.45) is 0 Å². The smallest absolute Gasteiger partial charge is 0.433 e. The van der Waals surface area contributed by atoms with Gasteiger partial charge in [0, 0.05) is 17.3 Å². The lowest BCUT2D eigenvalue weighted by Crippen LogP contribution is -2.23. The van der Waals surface area contributed by atoms with E-state index in [9.17, 15) is 22.5 Å². The lowest BCUT2D eigenvalue weighted by atomic mass is 10.1. The molecule has 0 aromatic heterocycles. The summed E-state index contributed by atoms with van der Waals surface area (Å²) in [6, 6.07) is 2.96. The van der Waals surface area contributed by atoms with Crippen molar-refractivity contribution in [2.45, 2.75) is 24.9 Å². The van der Waals surface area contributed by atoms with Crippen molar-refractivity contribution in [2.75, 3.05) is 17.3 Å².